The van der Waals surface area contributed by atoms with Crippen molar-refractivity contribution >= 4 is 0 Å². The maximum atomic E-state index is 9.66. The van der Waals surface area contributed by atoms with Gasteiger partial charge >= 0.3 is 0 Å². The summed E-state index contributed by atoms with van der Waals surface area (Å²) in [7, 11) is 0. The van der Waals surface area contributed by atoms with Crippen LogP contribution in [0.1, 0.15) is 29.7 Å². The van der Waals surface area contributed by atoms with Crippen molar-refractivity contribution in [2.45, 2.75) is 32.8 Å². The molecule has 4 heteroatoms. The average Bonchev–Trinajstić information content (AvgIpc) is 2.24. The van der Waals surface area contributed by atoms with E-state index < -0.39 is 0 Å². The first-order valence-corrected chi connectivity index (χ1v) is 5.08. The number of rotatable bonds is 5. The molecule has 0 amide bonds. The fourth-order valence-corrected chi connectivity index (χ4v) is 1.50. The van der Waals surface area contributed by atoms with E-state index in [2.05, 4.69) is 4.98 Å². The molecule has 0 radical (unpaired) electrons. The topological polar surface area (TPSA) is 73.6 Å². The van der Waals surface area contributed by atoms with Crippen LogP contribution in [-0.4, -0.2) is 26.9 Å². The zero-order chi connectivity index (χ0) is 11.3. The van der Waals surface area contributed by atoms with E-state index in [0.717, 1.165) is 24.8 Å². The molecule has 0 aliphatic heterocycles. The number of aryl methyl sites for hydroxylation is 2. The second kappa shape index (κ2) is 5.68. The number of aromatic nitrogens is 1. The van der Waals surface area contributed by atoms with Gasteiger partial charge in [0.25, 0.3) is 0 Å². The Morgan fingerprint density at radius 1 is 1.27 bits per heavy atom. The summed E-state index contributed by atoms with van der Waals surface area (Å²) in [6, 6.07) is 0. The summed E-state index contributed by atoms with van der Waals surface area (Å²) in [4.78, 5) is 4.04. The van der Waals surface area contributed by atoms with Gasteiger partial charge in [-0.25, -0.2) is 0 Å². The molecule has 0 unspecified atom stereocenters. The number of aliphatic hydroxyl groups excluding tert-OH is 2. The quantitative estimate of drug-likeness (QED) is 0.633. The summed E-state index contributed by atoms with van der Waals surface area (Å²) in [5, 5.41) is 27.5. The van der Waals surface area contributed by atoms with Crippen LogP contribution in [0.25, 0.3) is 0 Å². The van der Waals surface area contributed by atoms with Crippen LogP contribution in [0, 0.1) is 6.92 Å². The summed E-state index contributed by atoms with van der Waals surface area (Å²) in [5.41, 5.74) is 1.94. The van der Waals surface area contributed by atoms with Crippen LogP contribution in [0.3, 0.4) is 0 Å². The lowest BCUT2D eigenvalue weighted by Crippen LogP contribution is -1.99. The lowest BCUT2D eigenvalue weighted by Gasteiger charge is -2.10. The summed E-state index contributed by atoms with van der Waals surface area (Å²) in [6.07, 6.45) is 3.95. The Morgan fingerprint density at radius 3 is 2.60 bits per heavy atom. The molecule has 1 rings (SSSR count). The zero-order valence-electron chi connectivity index (χ0n) is 8.90. The second-order valence-corrected chi connectivity index (χ2v) is 3.53. The summed E-state index contributed by atoms with van der Waals surface area (Å²) < 4.78 is 0. The van der Waals surface area contributed by atoms with Crippen LogP contribution in [0.2, 0.25) is 0 Å². The number of aliphatic hydroxyl groups is 2. The predicted molar refractivity (Wildman–Crippen MR) is 56.6 cm³/mol. The third-order valence-electron chi connectivity index (χ3n) is 2.44. The van der Waals surface area contributed by atoms with Gasteiger partial charge in [0, 0.05) is 18.4 Å². The van der Waals surface area contributed by atoms with E-state index in [1.165, 1.54) is 0 Å². The minimum absolute atomic E-state index is 0.0824. The summed E-state index contributed by atoms with van der Waals surface area (Å²) >= 11 is 0. The number of pyridine rings is 1. The Kier molecular flexibility index (Phi) is 4.52. The molecule has 0 bridgehead atoms. The molecular weight excluding hydrogens is 194 g/mol. The Balaban J connectivity index is 2.83. The van der Waals surface area contributed by atoms with Crippen molar-refractivity contribution in [1.82, 2.24) is 4.98 Å². The van der Waals surface area contributed by atoms with Crippen LogP contribution in [0.4, 0.5) is 0 Å². The minimum atomic E-state index is -0.177. The van der Waals surface area contributed by atoms with Crippen LogP contribution >= 0.6 is 0 Å². The molecule has 15 heavy (non-hydrogen) atoms. The van der Waals surface area contributed by atoms with Gasteiger partial charge in [-0.05, 0) is 31.7 Å². The van der Waals surface area contributed by atoms with E-state index in [0.29, 0.717) is 11.3 Å². The molecular formula is C11H17NO3. The van der Waals surface area contributed by atoms with E-state index >= 15 is 0 Å². The van der Waals surface area contributed by atoms with Gasteiger partial charge in [0.15, 0.2) is 0 Å². The van der Waals surface area contributed by atoms with Gasteiger partial charge < -0.3 is 15.3 Å². The highest BCUT2D eigenvalue weighted by Gasteiger charge is 2.10. The number of hydrogen-bond donors (Lipinski definition) is 3. The van der Waals surface area contributed by atoms with Crippen LogP contribution in [0.5, 0.6) is 5.75 Å². The Bertz CT molecular complexity index is 326. The molecule has 1 aromatic heterocycles. The highest BCUT2D eigenvalue weighted by molar-refractivity contribution is 5.40. The van der Waals surface area contributed by atoms with Crippen molar-refractivity contribution in [3.8, 4) is 5.75 Å². The standard InChI is InChI=1S/C11H17NO3/c1-8-11(15)10(7-14)9(6-12-8)4-2-3-5-13/h6,13-15H,2-5,7H2,1H3. The molecule has 0 aliphatic carbocycles. The largest absolute Gasteiger partial charge is 0.506 e. The number of unbranched alkanes of at least 4 members (excludes halogenated alkanes) is 1. The van der Waals surface area contributed by atoms with Crippen LogP contribution < -0.4 is 0 Å². The Morgan fingerprint density at radius 2 is 2.00 bits per heavy atom. The van der Waals surface area contributed by atoms with Gasteiger partial charge in [-0.15, -0.1) is 0 Å². The van der Waals surface area contributed by atoms with E-state index in [1.807, 2.05) is 0 Å². The molecule has 3 N–H and O–H groups in total. The van der Waals surface area contributed by atoms with Crippen molar-refractivity contribution in [3.63, 3.8) is 0 Å². The Labute approximate surface area is 89.2 Å². The van der Waals surface area contributed by atoms with Crippen molar-refractivity contribution in [2.75, 3.05) is 6.61 Å². The second-order valence-electron chi connectivity index (χ2n) is 3.53. The third-order valence-corrected chi connectivity index (χ3v) is 2.44. The predicted octanol–water partition coefficient (Wildman–Crippen LogP) is 0.903. The van der Waals surface area contributed by atoms with Gasteiger partial charge in [-0.1, -0.05) is 0 Å². The van der Waals surface area contributed by atoms with E-state index in [-0.39, 0.29) is 19.0 Å². The first kappa shape index (κ1) is 11.9. The smallest absolute Gasteiger partial charge is 0.142 e. The average molecular weight is 211 g/mol. The molecule has 4 nitrogen and oxygen atoms in total. The molecule has 1 heterocycles. The molecule has 0 aromatic carbocycles. The van der Waals surface area contributed by atoms with Gasteiger partial charge in [-0.2, -0.15) is 0 Å². The summed E-state index contributed by atoms with van der Waals surface area (Å²) in [5.74, 6) is 0.0824. The molecule has 0 aliphatic rings. The number of aromatic hydroxyl groups is 1. The molecule has 84 valence electrons. The number of hydrogen-bond acceptors (Lipinski definition) is 4. The van der Waals surface area contributed by atoms with E-state index in [1.54, 1.807) is 13.1 Å². The van der Waals surface area contributed by atoms with Crippen LogP contribution in [-0.2, 0) is 13.0 Å². The SMILES string of the molecule is Cc1ncc(CCCCO)c(CO)c1O. The molecule has 0 saturated carbocycles. The maximum Gasteiger partial charge on any atom is 0.142 e. The lowest BCUT2D eigenvalue weighted by molar-refractivity contribution is 0.272. The highest BCUT2D eigenvalue weighted by Crippen LogP contribution is 2.24. The lowest BCUT2D eigenvalue weighted by atomic mass is 10.0. The maximum absolute atomic E-state index is 9.66. The highest BCUT2D eigenvalue weighted by atomic mass is 16.3. The summed E-state index contributed by atoms with van der Waals surface area (Å²) in [6.45, 7) is 1.69. The molecule has 0 atom stereocenters. The van der Waals surface area contributed by atoms with Gasteiger partial charge in [0.2, 0.25) is 0 Å². The fourth-order valence-electron chi connectivity index (χ4n) is 1.50. The van der Waals surface area contributed by atoms with Crippen molar-refractivity contribution in [2.24, 2.45) is 0 Å². The third kappa shape index (κ3) is 2.91. The van der Waals surface area contributed by atoms with E-state index in [4.69, 9.17) is 10.2 Å². The molecule has 0 saturated heterocycles. The van der Waals surface area contributed by atoms with Crippen molar-refractivity contribution in [3.05, 3.63) is 23.0 Å². The van der Waals surface area contributed by atoms with Gasteiger partial charge in [0.05, 0.1) is 12.3 Å². The molecule has 0 fully saturated rings. The fraction of sp³-hybridized carbons (Fsp3) is 0.545. The first-order valence-electron chi connectivity index (χ1n) is 5.08. The van der Waals surface area contributed by atoms with Gasteiger partial charge in [0.1, 0.15) is 5.75 Å². The first-order chi connectivity index (χ1) is 7.20. The minimum Gasteiger partial charge on any atom is -0.506 e. The Hall–Kier alpha value is -1.13. The number of nitrogens with zero attached hydrogens (tertiary/aromatic N) is 1. The molecule has 0 spiro atoms. The monoisotopic (exact) mass is 211 g/mol. The van der Waals surface area contributed by atoms with Gasteiger partial charge in [-0.3, -0.25) is 4.98 Å². The van der Waals surface area contributed by atoms with Crippen LogP contribution in [0.15, 0.2) is 6.20 Å². The normalized spacial score (nSPS) is 10.6. The van der Waals surface area contributed by atoms with E-state index in [9.17, 15) is 5.11 Å². The van der Waals surface area contributed by atoms with Crippen molar-refractivity contribution in [1.29, 1.82) is 0 Å². The molecule has 1 aromatic rings. The van der Waals surface area contributed by atoms with Crippen molar-refractivity contribution < 1.29 is 15.3 Å². The zero-order valence-corrected chi connectivity index (χ0v) is 8.90.